The highest BCUT2D eigenvalue weighted by Crippen LogP contribution is 2.44. The van der Waals surface area contributed by atoms with Crippen molar-refractivity contribution in [2.75, 3.05) is 25.7 Å². The first-order valence-corrected chi connectivity index (χ1v) is 12.3. The Morgan fingerprint density at radius 1 is 0.921 bits per heavy atom. The minimum absolute atomic E-state index is 0.0503. The molecule has 1 N–H and O–H groups in total. The molecule has 1 amide bonds. The highest BCUT2D eigenvalue weighted by atomic mass is 16.5. The summed E-state index contributed by atoms with van der Waals surface area (Å²) in [6, 6.07) is 18.0. The molecule has 0 bridgehead atoms. The minimum Gasteiger partial charge on any atom is -0.507 e. The van der Waals surface area contributed by atoms with E-state index in [0.717, 1.165) is 0 Å². The molecule has 3 aromatic carbocycles. The van der Waals surface area contributed by atoms with Gasteiger partial charge in [0.25, 0.3) is 11.7 Å². The number of carbonyl (C=O) groups is 2. The molecule has 1 aliphatic rings. The van der Waals surface area contributed by atoms with Crippen LogP contribution >= 0.6 is 0 Å². The largest absolute Gasteiger partial charge is 0.507 e. The van der Waals surface area contributed by atoms with Gasteiger partial charge in [-0.25, -0.2) is 0 Å². The lowest BCUT2D eigenvalue weighted by Gasteiger charge is -2.26. The molecule has 1 aliphatic heterocycles. The van der Waals surface area contributed by atoms with Crippen molar-refractivity contribution < 1.29 is 33.6 Å². The second kappa shape index (κ2) is 11.3. The molecule has 0 saturated carbocycles. The van der Waals surface area contributed by atoms with Crippen LogP contribution in [0.3, 0.4) is 0 Å². The number of hydrogen-bond donors (Lipinski definition) is 1. The molecule has 1 unspecified atom stereocenters. The molecule has 1 fully saturated rings. The number of aliphatic hydroxyl groups is 1. The van der Waals surface area contributed by atoms with Gasteiger partial charge in [-0.1, -0.05) is 18.2 Å². The van der Waals surface area contributed by atoms with Crippen molar-refractivity contribution in [2.24, 2.45) is 0 Å². The summed E-state index contributed by atoms with van der Waals surface area (Å²) in [4.78, 5) is 28.4. The van der Waals surface area contributed by atoms with Crippen LogP contribution in [0.5, 0.6) is 23.0 Å². The van der Waals surface area contributed by atoms with Gasteiger partial charge >= 0.3 is 0 Å². The Bertz CT molecular complexity index is 1380. The third-order valence-electron chi connectivity index (χ3n) is 6.05. The van der Waals surface area contributed by atoms with Gasteiger partial charge < -0.3 is 24.1 Å². The van der Waals surface area contributed by atoms with Gasteiger partial charge in [-0.3, -0.25) is 14.5 Å². The van der Waals surface area contributed by atoms with Crippen LogP contribution in [0, 0.1) is 0 Å². The van der Waals surface area contributed by atoms with Gasteiger partial charge in [-0.2, -0.15) is 0 Å². The fourth-order valence-electron chi connectivity index (χ4n) is 4.47. The molecule has 38 heavy (non-hydrogen) atoms. The molecular weight excluding hydrogens is 486 g/mol. The van der Waals surface area contributed by atoms with Crippen molar-refractivity contribution in [1.82, 2.24) is 0 Å². The normalized spacial score (nSPS) is 16.6. The van der Waals surface area contributed by atoms with Crippen molar-refractivity contribution >= 4 is 23.1 Å². The highest BCUT2D eigenvalue weighted by Gasteiger charge is 2.47. The second-order valence-electron chi connectivity index (χ2n) is 8.91. The second-order valence-corrected chi connectivity index (χ2v) is 8.91. The Hall–Kier alpha value is -4.46. The van der Waals surface area contributed by atoms with Crippen molar-refractivity contribution in [3.63, 3.8) is 0 Å². The van der Waals surface area contributed by atoms with Gasteiger partial charge in [0, 0.05) is 17.3 Å². The lowest BCUT2D eigenvalue weighted by molar-refractivity contribution is -0.132. The molecule has 8 heteroatoms. The number of nitrogens with zero attached hydrogens (tertiary/aromatic N) is 1. The van der Waals surface area contributed by atoms with Crippen LogP contribution in [-0.4, -0.2) is 43.7 Å². The predicted molar refractivity (Wildman–Crippen MR) is 144 cm³/mol. The summed E-state index contributed by atoms with van der Waals surface area (Å²) in [7, 11) is 2.98. The summed E-state index contributed by atoms with van der Waals surface area (Å²) in [5.41, 5.74) is 1.32. The average molecular weight is 518 g/mol. The van der Waals surface area contributed by atoms with Crippen LogP contribution < -0.4 is 23.8 Å². The number of methoxy groups -OCH3 is 2. The molecule has 198 valence electrons. The van der Waals surface area contributed by atoms with E-state index in [9.17, 15) is 14.7 Å². The fraction of sp³-hybridized carbons (Fsp3) is 0.267. The van der Waals surface area contributed by atoms with Gasteiger partial charge in [0.15, 0.2) is 11.5 Å². The van der Waals surface area contributed by atoms with Gasteiger partial charge in [0.05, 0.1) is 38.5 Å². The zero-order chi connectivity index (χ0) is 27.4. The SMILES string of the molecule is CCOc1cccc(N2C(=O)C(=O)/C(=C(/O)c3ccc(OC)c(OC)c3)C2c2cccc(OC(C)C)c2)c1. The Morgan fingerprint density at radius 2 is 1.63 bits per heavy atom. The molecule has 1 heterocycles. The Labute approximate surface area is 222 Å². The highest BCUT2D eigenvalue weighted by molar-refractivity contribution is 6.51. The van der Waals surface area contributed by atoms with Crippen LogP contribution in [0.1, 0.15) is 37.9 Å². The molecule has 0 spiro atoms. The molecule has 0 radical (unpaired) electrons. The molecular formula is C30H31NO7. The monoisotopic (exact) mass is 517 g/mol. The van der Waals surface area contributed by atoms with Crippen molar-refractivity contribution in [2.45, 2.75) is 32.9 Å². The van der Waals surface area contributed by atoms with Gasteiger partial charge in [0.1, 0.15) is 17.3 Å². The summed E-state index contributed by atoms with van der Waals surface area (Å²) in [6.45, 7) is 6.13. The number of rotatable bonds is 9. The summed E-state index contributed by atoms with van der Waals surface area (Å²) in [5.74, 6) is 0.0826. The molecule has 1 saturated heterocycles. The maximum absolute atomic E-state index is 13.5. The maximum atomic E-state index is 13.5. The lowest BCUT2D eigenvalue weighted by atomic mass is 9.94. The molecule has 8 nitrogen and oxygen atoms in total. The van der Waals surface area contributed by atoms with E-state index in [2.05, 4.69) is 0 Å². The average Bonchev–Trinajstić information content (AvgIpc) is 3.18. The smallest absolute Gasteiger partial charge is 0.300 e. The number of ketones is 1. The quantitative estimate of drug-likeness (QED) is 0.227. The number of Topliss-reactive ketones (excluding diaryl/α,β-unsaturated/α-hetero) is 1. The van der Waals surface area contributed by atoms with E-state index in [0.29, 0.717) is 46.4 Å². The molecule has 3 aromatic rings. The number of amides is 1. The summed E-state index contributed by atoms with van der Waals surface area (Å²) < 4.78 is 22.2. The Kier molecular flexibility index (Phi) is 7.90. The van der Waals surface area contributed by atoms with Gasteiger partial charge in [-0.05, 0) is 68.8 Å². The number of hydrogen-bond acceptors (Lipinski definition) is 7. The lowest BCUT2D eigenvalue weighted by Crippen LogP contribution is -2.29. The standard InChI is InChI=1S/C30H31NO7/c1-6-37-22-11-8-10-21(17-22)31-27(19-9-7-12-23(15-19)38-18(2)3)26(29(33)30(31)34)28(32)20-13-14-24(35-4)25(16-20)36-5/h7-18,27,32H,6H2,1-5H3/b28-26+. The van der Waals surface area contributed by atoms with Crippen LogP contribution in [0.4, 0.5) is 5.69 Å². The fourth-order valence-corrected chi connectivity index (χ4v) is 4.47. The van der Waals surface area contributed by atoms with Crippen molar-refractivity contribution in [3.05, 3.63) is 83.4 Å². The third kappa shape index (κ3) is 5.16. The van der Waals surface area contributed by atoms with E-state index in [1.165, 1.54) is 19.1 Å². The number of aliphatic hydroxyl groups excluding tert-OH is 1. The predicted octanol–water partition coefficient (Wildman–Crippen LogP) is 5.52. The topological polar surface area (TPSA) is 94.5 Å². The van der Waals surface area contributed by atoms with Crippen LogP contribution in [-0.2, 0) is 9.59 Å². The summed E-state index contributed by atoms with van der Waals surface area (Å²) in [6.07, 6.45) is -0.0775. The zero-order valence-electron chi connectivity index (χ0n) is 22.1. The molecule has 0 aromatic heterocycles. The minimum atomic E-state index is -0.921. The first kappa shape index (κ1) is 26.6. The number of benzene rings is 3. The number of ether oxygens (including phenoxy) is 4. The van der Waals surface area contributed by atoms with E-state index in [-0.39, 0.29) is 17.4 Å². The zero-order valence-corrected chi connectivity index (χ0v) is 22.1. The van der Waals surface area contributed by atoms with E-state index >= 15 is 0 Å². The molecule has 0 aliphatic carbocycles. The van der Waals surface area contributed by atoms with Crippen LogP contribution in [0.25, 0.3) is 5.76 Å². The molecule has 1 atom stereocenters. The van der Waals surface area contributed by atoms with Crippen molar-refractivity contribution in [1.29, 1.82) is 0 Å². The maximum Gasteiger partial charge on any atom is 0.300 e. The molecule has 4 rings (SSSR count). The van der Waals surface area contributed by atoms with E-state index in [4.69, 9.17) is 18.9 Å². The van der Waals surface area contributed by atoms with E-state index < -0.39 is 17.7 Å². The number of carbonyl (C=O) groups excluding carboxylic acids is 2. The first-order valence-electron chi connectivity index (χ1n) is 12.3. The van der Waals surface area contributed by atoms with E-state index in [1.807, 2.05) is 20.8 Å². The Morgan fingerprint density at radius 3 is 2.32 bits per heavy atom. The van der Waals surface area contributed by atoms with Crippen LogP contribution in [0.2, 0.25) is 0 Å². The Balaban J connectivity index is 1.93. The summed E-state index contributed by atoms with van der Waals surface area (Å²) in [5, 5.41) is 11.5. The van der Waals surface area contributed by atoms with Crippen LogP contribution in [0.15, 0.2) is 72.3 Å². The third-order valence-corrected chi connectivity index (χ3v) is 6.05. The summed E-state index contributed by atoms with van der Waals surface area (Å²) >= 11 is 0. The van der Waals surface area contributed by atoms with Gasteiger partial charge in [-0.15, -0.1) is 0 Å². The van der Waals surface area contributed by atoms with E-state index in [1.54, 1.807) is 66.7 Å². The first-order chi connectivity index (χ1) is 18.3. The van der Waals surface area contributed by atoms with Gasteiger partial charge in [0.2, 0.25) is 0 Å². The van der Waals surface area contributed by atoms with Crippen molar-refractivity contribution in [3.8, 4) is 23.0 Å². The number of anilines is 1.